The van der Waals surface area contributed by atoms with E-state index < -0.39 is 0 Å². The standard InChI is InChI=1S/C20H28O3/c1-11-12-4-7-20(16(11)21)14(8-12)19-6-3-5-18(2)10-22-17(19)23-15(20)9-13(18)19/h12-17,21H,1,3-10H2,2H3/t12-,13?,14?,15+,16-,17+,18-,19-,20?/m0/s1. The topological polar surface area (TPSA) is 38.7 Å². The quantitative estimate of drug-likeness (QED) is 0.697. The Morgan fingerprint density at radius 2 is 2.00 bits per heavy atom. The number of aliphatic hydroxyl groups is 1. The van der Waals surface area contributed by atoms with Crippen LogP contribution in [0, 0.1) is 34.0 Å². The normalized spacial score (nSPS) is 65.6. The molecule has 0 aromatic rings. The molecule has 9 atom stereocenters. The van der Waals surface area contributed by atoms with E-state index in [1.807, 2.05) is 0 Å². The van der Waals surface area contributed by atoms with Crippen LogP contribution in [0.3, 0.4) is 0 Å². The van der Waals surface area contributed by atoms with E-state index in [-0.39, 0.29) is 29.3 Å². The lowest BCUT2D eigenvalue weighted by atomic mass is 9.33. The van der Waals surface area contributed by atoms with Crippen molar-refractivity contribution < 1.29 is 14.6 Å². The summed E-state index contributed by atoms with van der Waals surface area (Å²) in [5.41, 5.74) is 1.54. The summed E-state index contributed by atoms with van der Waals surface area (Å²) in [6.45, 7) is 7.60. The van der Waals surface area contributed by atoms with Crippen molar-refractivity contribution in [3.8, 4) is 0 Å². The lowest BCUT2D eigenvalue weighted by Gasteiger charge is -2.77. The number of ether oxygens (including phenoxy) is 2. The van der Waals surface area contributed by atoms with Gasteiger partial charge in [-0.2, -0.15) is 0 Å². The summed E-state index contributed by atoms with van der Waals surface area (Å²) in [5.74, 6) is 1.84. The molecule has 3 saturated heterocycles. The molecule has 2 spiro atoms. The van der Waals surface area contributed by atoms with E-state index in [2.05, 4.69) is 13.5 Å². The molecule has 3 unspecified atom stereocenters. The summed E-state index contributed by atoms with van der Waals surface area (Å²) in [6.07, 6.45) is 8.36. The molecule has 8 rings (SSSR count). The molecular formula is C20H28O3. The predicted molar refractivity (Wildman–Crippen MR) is 85.5 cm³/mol. The monoisotopic (exact) mass is 316 g/mol. The lowest BCUT2D eigenvalue weighted by molar-refractivity contribution is -0.437. The fourth-order valence-corrected chi connectivity index (χ4v) is 8.42. The van der Waals surface area contributed by atoms with Crippen LogP contribution < -0.4 is 0 Å². The molecule has 23 heavy (non-hydrogen) atoms. The summed E-state index contributed by atoms with van der Waals surface area (Å²) in [5, 5.41) is 11.2. The Bertz CT molecular complexity index is 602. The Morgan fingerprint density at radius 3 is 2.87 bits per heavy atom. The van der Waals surface area contributed by atoms with Gasteiger partial charge in [-0.25, -0.2) is 0 Å². The third kappa shape index (κ3) is 1.25. The molecular weight excluding hydrogens is 288 g/mol. The van der Waals surface area contributed by atoms with Crippen LogP contribution in [0.15, 0.2) is 12.2 Å². The Kier molecular flexibility index (Phi) is 2.34. The first-order chi connectivity index (χ1) is 11.0. The van der Waals surface area contributed by atoms with Crippen molar-refractivity contribution in [1.29, 1.82) is 0 Å². The zero-order chi connectivity index (χ0) is 15.6. The second kappa shape index (κ2) is 3.89. The van der Waals surface area contributed by atoms with Gasteiger partial charge in [0.25, 0.3) is 0 Å². The largest absolute Gasteiger partial charge is 0.388 e. The fraction of sp³-hybridized carbons (Fsp3) is 0.900. The van der Waals surface area contributed by atoms with Crippen LogP contribution in [0.2, 0.25) is 0 Å². The smallest absolute Gasteiger partial charge is 0.164 e. The maximum Gasteiger partial charge on any atom is 0.164 e. The van der Waals surface area contributed by atoms with Gasteiger partial charge in [-0.1, -0.05) is 19.9 Å². The number of fused-ring (bicyclic) bond motifs is 2. The number of rotatable bonds is 0. The molecule has 5 aliphatic carbocycles. The highest BCUT2D eigenvalue weighted by molar-refractivity contribution is 5.31. The van der Waals surface area contributed by atoms with Gasteiger partial charge in [-0.05, 0) is 67.3 Å². The highest BCUT2D eigenvalue weighted by atomic mass is 16.7. The Hall–Kier alpha value is -0.380. The average Bonchev–Trinajstić information content (AvgIpc) is 2.55. The van der Waals surface area contributed by atoms with Crippen LogP contribution in [-0.2, 0) is 9.47 Å². The van der Waals surface area contributed by atoms with Crippen molar-refractivity contribution in [1.82, 2.24) is 0 Å². The number of aliphatic hydroxyl groups excluding tert-OH is 1. The minimum absolute atomic E-state index is 0.00457. The van der Waals surface area contributed by atoms with Gasteiger partial charge < -0.3 is 14.6 Å². The van der Waals surface area contributed by atoms with E-state index in [0.29, 0.717) is 17.3 Å². The zero-order valence-corrected chi connectivity index (χ0v) is 14.1. The van der Waals surface area contributed by atoms with Gasteiger partial charge in [-0.3, -0.25) is 0 Å². The van der Waals surface area contributed by atoms with Crippen molar-refractivity contribution in [3.05, 3.63) is 12.2 Å². The van der Waals surface area contributed by atoms with Gasteiger partial charge in [0, 0.05) is 10.8 Å². The number of hydrogen-bond acceptors (Lipinski definition) is 3. The molecule has 3 nitrogen and oxygen atoms in total. The van der Waals surface area contributed by atoms with Crippen molar-refractivity contribution in [3.63, 3.8) is 0 Å². The molecule has 0 amide bonds. The van der Waals surface area contributed by atoms with Gasteiger partial charge in [-0.15, -0.1) is 0 Å². The van der Waals surface area contributed by atoms with Crippen LogP contribution in [0.1, 0.15) is 51.9 Å². The zero-order valence-electron chi connectivity index (χ0n) is 14.1. The minimum atomic E-state index is -0.351. The summed E-state index contributed by atoms with van der Waals surface area (Å²) in [6, 6.07) is 0. The van der Waals surface area contributed by atoms with Crippen molar-refractivity contribution >= 4 is 0 Å². The van der Waals surface area contributed by atoms with Crippen LogP contribution in [-0.4, -0.2) is 30.2 Å². The van der Waals surface area contributed by atoms with E-state index in [4.69, 9.17) is 9.47 Å². The first kappa shape index (κ1) is 13.9. The first-order valence-electron chi connectivity index (χ1n) is 9.66. The van der Waals surface area contributed by atoms with Gasteiger partial charge in [0.2, 0.25) is 0 Å². The summed E-state index contributed by atoms with van der Waals surface area (Å²) >= 11 is 0. The lowest BCUT2D eigenvalue weighted by Crippen LogP contribution is -2.79. The molecule has 0 radical (unpaired) electrons. The van der Waals surface area contributed by atoms with Gasteiger partial charge in [0.1, 0.15) is 0 Å². The molecule has 3 heteroatoms. The summed E-state index contributed by atoms with van der Waals surface area (Å²) < 4.78 is 12.9. The highest BCUT2D eigenvalue weighted by Crippen LogP contribution is 2.77. The second-order valence-corrected chi connectivity index (χ2v) is 9.79. The van der Waals surface area contributed by atoms with Gasteiger partial charge in [0.15, 0.2) is 6.29 Å². The fourth-order valence-electron chi connectivity index (χ4n) is 8.42. The van der Waals surface area contributed by atoms with Crippen molar-refractivity contribution in [2.24, 2.45) is 34.0 Å². The Morgan fingerprint density at radius 1 is 1.13 bits per heavy atom. The van der Waals surface area contributed by atoms with E-state index in [0.717, 1.165) is 30.9 Å². The molecule has 8 aliphatic rings. The maximum atomic E-state index is 11.2. The number of hydrogen-bond donors (Lipinski definition) is 1. The Labute approximate surface area is 138 Å². The Balaban J connectivity index is 1.56. The van der Waals surface area contributed by atoms with Crippen LogP contribution in [0.25, 0.3) is 0 Å². The van der Waals surface area contributed by atoms with Gasteiger partial charge >= 0.3 is 0 Å². The second-order valence-electron chi connectivity index (χ2n) is 9.79. The minimum Gasteiger partial charge on any atom is -0.388 e. The molecule has 126 valence electrons. The first-order valence-corrected chi connectivity index (χ1v) is 9.66. The predicted octanol–water partition coefficient (Wildman–Crippen LogP) is 3.27. The van der Waals surface area contributed by atoms with Crippen LogP contribution in [0.4, 0.5) is 0 Å². The van der Waals surface area contributed by atoms with Gasteiger partial charge in [0.05, 0.1) is 18.8 Å². The van der Waals surface area contributed by atoms with E-state index >= 15 is 0 Å². The molecule has 3 aliphatic heterocycles. The van der Waals surface area contributed by atoms with Crippen molar-refractivity contribution in [2.45, 2.75) is 70.4 Å². The third-order valence-corrected chi connectivity index (χ3v) is 9.32. The third-order valence-electron chi connectivity index (χ3n) is 9.32. The van der Waals surface area contributed by atoms with Crippen LogP contribution in [0.5, 0.6) is 0 Å². The molecule has 0 aromatic heterocycles. The maximum absolute atomic E-state index is 11.2. The SMILES string of the molecule is C=C1[C@H]2CCC3(C(C2)[C@@]24CCC[C@@]5(C)CO[C@@H]2O[C@@H]3CC54)[C@H]1O. The van der Waals surface area contributed by atoms with Crippen molar-refractivity contribution in [2.75, 3.05) is 6.61 Å². The summed E-state index contributed by atoms with van der Waals surface area (Å²) in [4.78, 5) is 0. The van der Waals surface area contributed by atoms with E-state index in [1.165, 1.54) is 32.1 Å². The van der Waals surface area contributed by atoms with E-state index in [9.17, 15) is 5.11 Å². The molecule has 7 bridgehead atoms. The molecule has 8 fully saturated rings. The van der Waals surface area contributed by atoms with E-state index in [1.54, 1.807) is 0 Å². The molecule has 3 heterocycles. The highest BCUT2D eigenvalue weighted by Gasteiger charge is 2.78. The summed E-state index contributed by atoms with van der Waals surface area (Å²) in [7, 11) is 0. The average molecular weight is 316 g/mol. The molecule has 1 N–H and O–H groups in total. The van der Waals surface area contributed by atoms with Crippen LogP contribution >= 0.6 is 0 Å². The molecule has 0 aromatic carbocycles. The molecule has 5 saturated carbocycles.